The molecular formula is C66H66IrN9. The third kappa shape index (κ3) is 12.8. The van der Waals surface area contributed by atoms with Gasteiger partial charge in [-0.25, -0.2) is 0 Å². The number of aromatic nitrogens is 6. The fraction of sp³-hybridized carbons (Fsp3) is 0.273. The molecule has 9 nitrogen and oxygen atoms in total. The second-order valence-corrected chi connectivity index (χ2v) is 20.5. The predicted molar refractivity (Wildman–Crippen MR) is 302 cm³/mol. The monoisotopic (exact) mass is 1180 g/mol. The van der Waals surface area contributed by atoms with E-state index in [1.165, 1.54) is 50.4 Å². The summed E-state index contributed by atoms with van der Waals surface area (Å²) in [6, 6.07) is 51.9. The molecule has 3 heterocycles. The van der Waals surface area contributed by atoms with E-state index in [2.05, 4.69) is 203 Å². The van der Waals surface area contributed by atoms with Crippen molar-refractivity contribution in [1.29, 1.82) is 15.8 Å². The maximum Gasteiger partial charge on any atom is 3.00 e. The van der Waals surface area contributed by atoms with Gasteiger partial charge in [-0.15, -0.1) is 89.5 Å². The molecule has 0 N–H and O–H groups in total. The SMILES string of the molecule is CC(C)c1cccc(C(C)C)c1-n1ccnc1-c1[c-]ccc(C#N)c1.CC(C)c1cccc(C(C)C)c1-n1ccnc1-c1[c-]ccc(C#N)c1.CC(C)c1cccc(C(C)C)c1-n1ccnc1-c1[c-]ccc(C#N)c1.[Ir+3]. The normalized spacial score (nSPS) is 10.9. The molecule has 0 aliphatic heterocycles. The molecule has 0 saturated heterocycles. The Hall–Kier alpha value is -7.93. The van der Waals surface area contributed by atoms with Crippen LogP contribution in [0.2, 0.25) is 0 Å². The van der Waals surface area contributed by atoms with Gasteiger partial charge in [0.05, 0.1) is 35.7 Å². The fourth-order valence-corrected chi connectivity index (χ4v) is 9.41. The van der Waals surface area contributed by atoms with Crippen LogP contribution < -0.4 is 0 Å². The molecule has 6 aromatic carbocycles. The Balaban J connectivity index is 0.000000184. The molecule has 0 aliphatic carbocycles. The molecule has 76 heavy (non-hydrogen) atoms. The van der Waals surface area contributed by atoms with Crippen LogP contribution >= 0.6 is 0 Å². The predicted octanol–water partition coefficient (Wildman–Crippen LogP) is 16.4. The van der Waals surface area contributed by atoms with Crippen molar-refractivity contribution in [3.63, 3.8) is 0 Å². The van der Waals surface area contributed by atoms with Crippen molar-refractivity contribution in [2.24, 2.45) is 0 Å². The summed E-state index contributed by atoms with van der Waals surface area (Å²) in [5.41, 5.74) is 15.7. The van der Waals surface area contributed by atoms with Gasteiger partial charge in [0.2, 0.25) is 0 Å². The van der Waals surface area contributed by atoms with Gasteiger partial charge in [0.1, 0.15) is 0 Å². The Morgan fingerprint density at radius 2 is 0.592 bits per heavy atom. The minimum absolute atomic E-state index is 0. The molecule has 0 saturated carbocycles. The molecule has 0 unspecified atom stereocenters. The van der Waals surface area contributed by atoms with Gasteiger partial charge in [-0.1, -0.05) is 138 Å². The Labute approximate surface area is 464 Å². The summed E-state index contributed by atoms with van der Waals surface area (Å²) in [6.45, 7) is 26.5. The van der Waals surface area contributed by atoms with Gasteiger partial charge >= 0.3 is 20.1 Å². The number of imidazole rings is 3. The Kier molecular flexibility index (Phi) is 19.6. The van der Waals surface area contributed by atoms with E-state index in [1.807, 2.05) is 55.4 Å². The van der Waals surface area contributed by atoms with Crippen LogP contribution in [0.25, 0.3) is 51.2 Å². The number of nitrogens with zero attached hydrogens (tertiary/aromatic N) is 9. The fourth-order valence-electron chi connectivity index (χ4n) is 9.41. The smallest absolute Gasteiger partial charge is 0.340 e. The van der Waals surface area contributed by atoms with E-state index in [4.69, 9.17) is 0 Å². The molecule has 0 radical (unpaired) electrons. The van der Waals surface area contributed by atoms with Crippen LogP contribution in [0.1, 0.15) is 169 Å². The van der Waals surface area contributed by atoms with E-state index in [0.29, 0.717) is 52.2 Å². The van der Waals surface area contributed by atoms with Gasteiger partial charge < -0.3 is 13.7 Å². The molecule has 0 spiro atoms. The first-order chi connectivity index (χ1) is 36.1. The van der Waals surface area contributed by atoms with E-state index in [0.717, 1.165) is 34.2 Å². The standard InChI is InChI=1S/3C22H22N3.Ir/c3*1-15(2)19-9-6-10-20(16(3)4)21(19)25-12-11-24-22(25)18-8-5-7-17(13-18)14-23;/h3*5-7,9-13,15-16H,1-4H3;/q3*-1;+3. The number of hydrogen-bond donors (Lipinski definition) is 0. The summed E-state index contributed by atoms with van der Waals surface area (Å²) in [5.74, 6) is 4.84. The Morgan fingerprint density at radius 3 is 0.789 bits per heavy atom. The van der Waals surface area contributed by atoms with Gasteiger partial charge in [-0.2, -0.15) is 15.8 Å². The zero-order valence-corrected chi connectivity index (χ0v) is 48.1. The number of hydrogen-bond acceptors (Lipinski definition) is 6. The van der Waals surface area contributed by atoms with Gasteiger partial charge in [-0.3, -0.25) is 15.0 Å². The minimum atomic E-state index is 0. The van der Waals surface area contributed by atoms with Crippen molar-refractivity contribution >= 4 is 0 Å². The molecule has 0 aliphatic rings. The molecule has 384 valence electrons. The van der Waals surface area contributed by atoms with Crippen LogP contribution in [-0.2, 0) is 20.1 Å². The van der Waals surface area contributed by atoms with Crippen molar-refractivity contribution in [3.8, 4) is 69.4 Å². The molecule has 3 aromatic heterocycles. The van der Waals surface area contributed by atoms with Gasteiger partial charge in [0.15, 0.2) is 0 Å². The van der Waals surface area contributed by atoms with Crippen molar-refractivity contribution < 1.29 is 20.1 Å². The van der Waals surface area contributed by atoms with Crippen molar-refractivity contribution in [1.82, 2.24) is 28.7 Å². The summed E-state index contributed by atoms with van der Waals surface area (Å²) in [6.07, 6.45) is 11.4. The van der Waals surface area contributed by atoms with Crippen molar-refractivity contribution in [2.45, 2.75) is 119 Å². The van der Waals surface area contributed by atoms with E-state index in [9.17, 15) is 15.8 Å². The molecule has 0 bridgehead atoms. The van der Waals surface area contributed by atoms with Crippen molar-refractivity contribution in [3.05, 3.63) is 215 Å². The van der Waals surface area contributed by atoms with E-state index < -0.39 is 0 Å². The third-order valence-electron chi connectivity index (χ3n) is 13.2. The largest absolute Gasteiger partial charge is 3.00 e. The van der Waals surface area contributed by atoms with Crippen LogP contribution in [-0.4, -0.2) is 28.7 Å². The number of benzene rings is 6. The van der Waals surface area contributed by atoms with Crippen LogP contribution in [0.5, 0.6) is 0 Å². The molecular weight excluding hydrogens is 1110 g/mol. The average Bonchev–Trinajstić information content (AvgIpc) is 4.24. The summed E-state index contributed by atoms with van der Waals surface area (Å²) in [4.78, 5) is 13.7. The second-order valence-electron chi connectivity index (χ2n) is 20.5. The van der Waals surface area contributed by atoms with Crippen LogP contribution in [0, 0.1) is 52.2 Å². The van der Waals surface area contributed by atoms with Gasteiger partial charge in [-0.05, 0) is 85.6 Å². The maximum absolute atomic E-state index is 9.19. The van der Waals surface area contributed by atoms with Crippen molar-refractivity contribution in [2.75, 3.05) is 0 Å². The topological polar surface area (TPSA) is 125 Å². The number of nitriles is 3. The first kappa shape index (κ1) is 57.3. The van der Waals surface area contributed by atoms with E-state index >= 15 is 0 Å². The Morgan fingerprint density at radius 1 is 0.368 bits per heavy atom. The molecule has 0 fully saturated rings. The first-order valence-electron chi connectivity index (χ1n) is 25.8. The summed E-state index contributed by atoms with van der Waals surface area (Å²) >= 11 is 0. The number of para-hydroxylation sites is 3. The maximum atomic E-state index is 9.19. The second kappa shape index (κ2) is 26.0. The quantitative estimate of drug-likeness (QED) is 0.112. The minimum Gasteiger partial charge on any atom is -0.340 e. The van der Waals surface area contributed by atoms with Crippen LogP contribution in [0.3, 0.4) is 0 Å². The number of rotatable bonds is 12. The van der Waals surface area contributed by atoms with Crippen LogP contribution in [0.15, 0.2) is 146 Å². The zero-order chi connectivity index (χ0) is 53.9. The molecule has 9 rings (SSSR count). The molecule has 10 heteroatoms. The molecule has 9 aromatic rings. The van der Waals surface area contributed by atoms with Gasteiger partial charge in [0.25, 0.3) is 0 Å². The van der Waals surface area contributed by atoms with Gasteiger partial charge in [0, 0.05) is 54.2 Å². The Bertz CT molecular complexity index is 3080. The van der Waals surface area contributed by atoms with E-state index in [-0.39, 0.29) is 20.1 Å². The summed E-state index contributed by atoms with van der Waals surface area (Å²) in [7, 11) is 0. The molecule has 0 atom stereocenters. The van der Waals surface area contributed by atoms with E-state index in [1.54, 1.807) is 36.4 Å². The van der Waals surface area contributed by atoms with Crippen LogP contribution in [0.4, 0.5) is 0 Å². The summed E-state index contributed by atoms with van der Waals surface area (Å²) in [5, 5.41) is 27.6. The zero-order valence-electron chi connectivity index (χ0n) is 45.7. The third-order valence-corrected chi connectivity index (χ3v) is 13.2. The summed E-state index contributed by atoms with van der Waals surface area (Å²) < 4.78 is 6.41. The molecule has 0 amide bonds. The average molecular weight is 1180 g/mol. The first-order valence-corrected chi connectivity index (χ1v) is 25.8.